The average Bonchev–Trinajstić information content (AvgIpc) is 2.55. The monoisotopic (exact) mass is 252 g/mol. The maximum absolute atomic E-state index is 12.5. The molecule has 1 aromatic heterocycles. The molecule has 0 aliphatic rings. The number of nitrogens with one attached hydrogen (secondary N) is 1. The van der Waals surface area contributed by atoms with E-state index in [0.29, 0.717) is 17.4 Å². The summed E-state index contributed by atoms with van der Waals surface area (Å²) in [4.78, 5) is 14.4. The van der Waals surface area contributed by atoms with Crippen molar-refractivity contribution < 1.29 is 4.79 Å². The maximum atomic E-state index is 12.5. The smallest absolute Gasteiger partial charge is 0.259 e. The van der Waals surface area contributed by atoms with E-state index in [1.165, 1.54) is 0 Å². The first-order valence-electron chi connectivity index (χ1n) is 6.42. The van der Waals surface area contributed by atoms with Gasteiger partial charge in [-0.3, -0.25) is 9.89 Å². The number of amides is 1. The van der Waals surface area contributed by atoms with Crippen LogP contribution in [0.1, 0.15) is 43.7 Å². The summed E-state index contributed by atoms with van der Waals surface area (Å²) in [6.45, 7) is 11.7. The van der Waals surface area contributed by atoms with Gasteiger partial charge < -0.3 is 10.6 Å². The molecule has 3 N–H and O–H groups in total. The van der Waals surface area contributed by atoms with Gasteiger partial charge in [0.2, 0.25) is 0 Å². The predicted octanol–water partition coefficient (Wildman–Crippen LogP) is 2.05. The summed E-state index contributed by atoms with van der Waals surface area (Å²) < 4.78 is 0. The normalized spacial score (nSPS) is 11.3. The number of aromatic amines is 1. The quantitative estimate of drug-likeness (QED) is 0.842. The second-order valence-electron chi connectivity index (χ2n) is 5.61. The van der Waals surface area contributed by atoms with Crippen molar-refractivity contribution in [3.8, 4) is 0 Å². The Morgan fingerprint density at radius 2 is 1.78 bits per heavy atom. The Morgan fingerprint density at radius 3 is 2.11 bits per heavy atom. The van der Waals surface area contributed by atoms with E-state index < -0.39 is 0 Å². The maximum Gasteiger partial charge on any atom is 0.259 e. The topological polar surface area (TPSA) is 75.0 Å². The molecule has 1 aromatic rings. The Morgan fingerprint density at radius 1 is 1.28 bits per heavy atom. The molecule has 1 rings (SSSR count). The highest BCUT2D eigenvalue weighted by Gasteiger charge is 2.23. The zero-order chi connectivity index (χ0) is 13.9. The molecule has 0 atom stereocenters. The van der Waals surface area contributed by atoms with Gasteiger partial charge in [0.1, 0.15) is 5.56 Å². The first kappa shape index (κ1) is 14.5. The number of carbonyl (C=O) groups is 1. The molecule has 1 heterocycles. The van der Waals surface area contributed by atoms with Crippen LogP contribution in [0, 0.1) is 18.8 Å². The summed E-state index contributed by atoms with van der Waals surface area (Å²) in [6.07, 6.45) is 0. The van der Waals surface area contributed by atoms with Crippen LogP contribution in [0.15, 0.2) is 0 Å². The molecule has 0 spiro atoms. The predicted molar refractivity (Wildman–Crippen MR) is 73.3 cm³/mol. The number of nitrogens with two attached hydrogens (primary N) is 1. The minimum absolute atomic E-state index is 0.0267. The number of aryl methyl sites for hydroxylation is 1. The van der Waals surface area contributed by atoms with Gasteiger partial charge in [0.05, 0.1) is 0 Å². The van der Waals surface area contributed by atoms with Gasteiger partial charge in [-0.05, 0) is 18.8 Å². The molecule has 102 valence electrons. The third-order valence-electron chi connectivity index (χ3n) is 2.65. The molecular formula is C13H24N4O. The van der Waals surface area contributed by atoms with Crippen LogP contribution in [0.25, 0.3) is 0 Å². The lowest BCUT2D eigenvalue weighted by Crippen LogP contribution is -2.37. The molecular weight excluding hydrogens is 228 g/mol. The van der Waals surface area contributed by atoms with Gasteiger partial charge in [0, 0.05) is 18.8 Å². The molecule has 18 heavy (non-hydrogen) atoms. The van der Waals surface area contributed by atoms with Crippen molar-refractivity contribution in [3.05, 3.63) is 11.3 Å². The number of rotatable bonds is 5. The third kappa shape index (κ3) is 3.48. The highest BCUT2D eigenvalue weighted by atomic mass is 16.2. The number of anilines is 1. The van der Waals surface area contributed by atoms with Crippen LogP contribution in [-0.2, 0) is 0 Å². The average molecular weight is 252 g/mol. The molecule has 1 amide bonds. The molecule has 0 aromatic carbocycles. The highest BCUT2D eigenvalue weighted by molar-refractivity contribution is 5.99. The summed E-state index contributed by atoms with van der Waals surface area (Å²) in [7, 11) is 0. The highest BCUT2D eigenvalue weighted by Crippen LogP contribution is 2.17. The minimum Gasteiger partial charge on any atom is -0.382 e. The van der Waals surface area contributed by atoms with E-state index in [-0.39, 0.29) is 11.7 Å². The van der Waals surface area contributed by atoms with Gasteiger partial charge in [-0.2, -0.15) is 5.10 Å². The summed E-state index contributed by atoms with van der Waals surface area (Å²) in [5.41, 5.74) is 6.99. The molecule has 0 saturated carbocycles. The van der Waals surface area contributed by atoms with E-state index in [1.54, 1.807) is 0 Å². The molecule has 0 saturated heterocycles. The van der Waals surface area contributed by atoms with Crippen LogP contribution < -0.4 is 5.73 Å². The van der Waals surface area contributed by atoms with E-state index >= 15 is 0 Å². The second kappa shape index (κ2) is 5.89. The fourth-order valence-corrected chi connectivity index (χ4v) is 2.00. The Labute approximate surface area is 109 Å². The van der Waals surface area contributed by atoms with Gasteiger partial charge in [0.15, 0.2) is 5.82 Å². The van der Waals surface area contributed by atoms with Crippen LogP contribution in [0.3, 0.4) is 0 Å². The number of H-pyrrole nitrogens is 1. The van der Waals surface area contributed by atoms with E-state index in [2.05, 4.69) is 37.9 Å². The SMILES string of the molecule is Cc1[nH]nc(N)c1C(=O)N(CC(C)C)CC(C)C. The molecule has 0 radical (unpaired) electrons. The zero-order valence-corrected chi connectivity index (χ0v) is 11.9. The number of carbonyl (C=O) groups excluding carboxylic acids is 1. The van der Waals surface area contributed by atoms with Crippen LogP contribution >= 0.6 is 0 Å². The zero-order valence-electron chi connectivity index (χ0n) is 11.9. The summed E-state index contributed by atoms with van der Waals surface area (Å²) >= 11 is 0. The fourth-order valence-electron chi connectivity index (χ4n) is 2.00. The first-order chi connectivity index (χ1) is 8.32. The molecule has 0 aliphatic heterocycles. The Bertz CT molecular complexity index is 380. The molecule has 0 unspecified atom stereocenters. The number of hydrogen-bond donors (Lipinski definition) is 2. The number of hydrogen-bond acceptors (Lipinski definition) is 3. The van der Waals surface area contributed by atoms with Crippen molar-refractivity contribution >= 4 is 11.7 Å². The summed E-state index contributed by atoms with van der Waals surface area (Å²) in [5, 5.41) is 6.64. The van der Waals surface area contributed by atoms with Gasteiger partial charge in [0.25, 0.3) is 5.91 Å². The van der Waals surface area contributed by atoms with E-state index in [0.717, 1.165) is 18.8 Å². The third-order valence-corrected chi connectivity index (χ3v) is 2.65. The van der Waals surface area contributed by atoms with Crippen molar-refractivity contribution in [3.63, 3.8) is 0 Å². The molecule has 0 bridgehead atoms. The summed E-state index contributed by atoms with van der Waals surface area (Å²) in [5.74, 6) is 1.12. The van der Waals surface area contributed by atoms with Crippen LogP contribution in [0.4, 0.5) is 5.82 Å². The van der Waals surface area contributed by atoms with Crippen LogP contribution in [0.5, 0.6) is 0 Å². The van der Waals surface area contributed by atoms with Crippen LogP contribution in [0.2, 0.25) is 0 Å². The lowest BCUT2D eigenvalue weighted by Gasteiger charge is -2.26. The van der Waals surface area contributed by atoms with Gasteiger partial charge >= 0.3 is 0 Å². The Balaban J connectivity index is 2.95. The lowest BCUT2D eigenvalue weighted by atomic mass is 10.1. The number of nitrogen functional groups attached to an aromatic ring is 1. The first-order valence-corrected chi connectivity index (χ1v) is 6.42. The Kier molecular flexibility index (Phi) is 4.76. The standard InChI is InChI=1S/C13H24N4O/c1-8(2)6-17(7-9(3)4)13(18)11-10(5)15-16-12(11)14/h8-9H,6-7H2,1-5H3,(H3,14,15,16). The second-order valence-corrected chi connectivity index (χ2v) is 5.61. The van der Waals surface area contributed by atoms with Gasteiger partial charge in [-0.15, -0.1) is 0 Å². The van der Waals surface area contributed by atoms with Gasteiger partial charge in [-0.1, -0.05) is 27.7 Å². The molecule has 0 fully saturated rings. The Hall–Kier alpha value is -1.52. The van der Waals surface area contributed by atoms with Gasteiger partial charge in [-0.25, -0.2) is 0 Å². The molecule has 0 aliphatic carbocycles. The number of nitrogens with zero attached hydrogens (tertiary/aromatic N) is 2. The van der Waals surface area contributed by atoms with Crippen molar-refractivity contribution in [1.82, 2.24) is 15.1 Å². The summed E-state index contributed by atoms with van der Waals surface area (Å²) in [6, 6.07) is 0. The van der Waals surface area contributed by atoms with Crippen molar-refractivity contribution in [2.45, 2.75) is 34.6 Å². The van der Waals surface area contributed by atoms with Crippen LogP contribution in [-0.4, -0.2) is 34.1 Å². The minimum atomic E-state index is -0.0267. The number of aromatic nitrogens is 2. The molecule has 5 heteroatoms. The van der Waals surface area contributed by atoms with E-state index in [4.69, 9.17) is 5.73 Å². The van der Waals surface area contributed by atoms with Crippen molar-refractivity contribution in [2.24, 2.45) is 11.8 Å². The van der Waals surface area contributed by atoms with Crippen molar-refractivity contribution in [2.75, 3.05) is 18.8 Å². The van der Waals surface area contributed by atoms with E-state index in [9.17, 15) is 4.79 Å². The molecule has 5 nitrogen and oxygen atoms in total. The van der Waals surface area contributed by atoms with E-state index in [1.807, 2.05) is 11.8 Å². The fraction of sp³-hybridized carbons (Fsp3) is 0.692. The van der Waals surface area contributed by atoms with Crippen molar-refractivity contribution in [1.29, 1.82) is 0 Å². The lowest BCUT2D eigenvalue weighted by molar-refractivity contribution is 0.0715. The largest absolute Gasteiger partial charge is 0.382 e.